The summed E-state index contributed by atoms with van der Waals surface area (Å²) < 4.78 is 65.5. The highest BCUT2D eigenvalue weighted by molar-refractivity contribution is 7.86. The van der Waals surface area contributed by atoms with Gasteiger partial charge in [-0.15, -0.1) is 10.1 Å². The lowest BCUT2D eigenvalue weighted by molar-refractivity contribution is -0.526. The van der Waals surface area contributed by atoms with Gasteiger partial charge in [-0.05, 0) is 94.8 Å². The van der Waals surface area contributed by atoms with Crippen LogP contribution in [-0.4, -0.2) is 165 Å². The molecule has 2 saturated heterocycles. The molecule has 3 fully saturated rings. The molecule has 2 aromatic heterocycles. The highest BCUT2D eigenvalue weighted by Gasteiger charge is 2.46. The minimum absolute atomic E-state index is 0.0266. The van der Waals surface area contributed by atoms with Crippen LogP contribution >= 0.6 is 0 Å². The molecule has 5 aromatic rings. The van der Waals surface area contributed by atoms with Crippen molar-refractivity contribution in [2.75, 3.05) is 42.6 Å². The zero-order valence-corrected chi connectivity index (χ0v) is 55.3. The number of benzene rings is 3. The van der Waals surface area contributed by atoms with Crippen molar-refractivity contribution in [1.29, 1.82) is 0 Å². The van der Waals surface area contributed by atoms with Crippen molar-refractivity contribution in [2.45, 2.75) is 96.3 Å². The molecule has 8 amide bonds. The third-order valence-electron chi connectivity index (χ3n) is 16.1. The van der Waals surface area contributed by atoms with Crippen molar-refractivity contribution in [2.24, 2.45) is 0 Å². The van der Waals surface area contributed by atoms with E-state index in [4.69, 9.17) is 9.68 Å². The summed E-state index contributed by atoms with van der Waals surface area (Å²) in [4.78, 5) is 169. The Morgan fingerprint density at radius 1 is 0.480 bits per heavy atom. The SMILES string of the molecule is O=C(CCCN(CCCS(=O)(=O)O)c1ccc(C2C(=O)C(=C3C=CC(=[N+](CCCC(=O)ON4C(=O)CCC4=O)CCCS(=O)(=O)O)C=C3)C2=O)cc1)ON1C(=O)CCC1=O.O=C1NCc2ccc(cc2)CNC(=O)c2cccc(n2)C(=O)NCc2ccc(cc2)CNC(=O)c2cccc1n2. The number of aromatic nitrogens is 2. The number of nitrogens with zero attached hydrogens (tertiary/aromatic N) is 6. The highest BCUT2D eigenvalue weighted by atomic mass is 32.2. The molecule has 3 aromatic carbocycles. The van der Waals surface area contributed by atoms with Crippen molar-refractivity contribution in [3.63, 3.8) is 0 Å². The fourth-order valence-electron chi connectivity index (χ4n) is 10.8. The van der Waals surface area contributed by atoms with E-state index in [2.05, 4.69) is 31.2 Å². The molecule has 0 spiro atoms. The second-order valence-corrected chi connectivity index (χ2v) is 26.5. The van der Waals surface area contributed by atoms with E-state index in [1.807, 2.05) is 48.5 Å². The van der Waals surface area contributed by atoms with E-state index in [1.165, 1.54) is 0 Å². The second-order valence-electron chi connectivity index (χ2n) is 23.4. The maximum absolute atomic E-state index is 13.4. The van der Waals surface area contributed by atoms with E-state index in [-0.39, 0.29) is 145 Å². The second kappa shape index (κ2) is 33.4. The van der Waals surface area contributed by atoms with Gasteiger partial charge >= 0.3 is 11.9 Å². The summed E-state index contributed by atoms with van der Waals surface area (Å²) in [6, 6.07) is 30.6. The number of imide groups is 2. The fraction of sp³-hybridized carbons (Fsp3) is 0.309. The van der Waals surface area contributed by atoms with Gasteiger partial charge in [0.05, 0.1) is 23.5 Å². The summed E-state index contributed by atoms with van der Waals surface area (Å²) in [6.07, 6.45) is 6.17. The van der Waals surface area contributed by atoms with Crippen LogP contribution in [0, 0.1) is 0 Å². The molecule has 522 valence electrons. The molecular formula is C68H69N10O20S2+. The van der Waals surface area contributed by atoms with Crippen molar-refractivity contribution in [3.8, 4) is 0 Å². The van der Waals surface area contributed by atoms with Crippen LogP contribution in [0.4, 0.5) is 5.69 Å². The Morgan fingerprint density at radius 2 is 0.840 bits per heavy atom. The number of ketones is 2. The van der Waals surface area contributed by atoms with Crippen LogP contribution < -0.4 is 26.2 Å². The van der Waals surface area contributed by atoms with Gasteiger partial charge in [0.1, 0.15) is 41.8 Å². The van der Waals surface area contributed by atoms with E-state index >= 15 is 0 Å². The number of pyridine rings is 2. The predicted molar refractivity (Wildman–Crippen MR) is 353 cm³/mol. The number of Topliss-reactive ketones (excluding diaryl/α,β-unsaturated/α-hetero) is 2. The van der Waals surface area contributed by atoms with Gasteiger partial charge < -0.3 is 35.8 Å². The fourth-order valence-corrected chi connectivity index (χ4v) is 11.8. The number of rotatable bonds is 20. The van der Waals surface area contributed by atoms with Gasteiger partial charge in [0.25, 0.3) is 67.5 Å². The van der Waals surface area contributed by atoms with Gasteiger partial charge in [-0.25, -0.2) is 24.1 Å². The average Bonchev–Trinajstić information content (AvgIpc) is 0.839. The summed E-state index contributed by atoms with van der Waals surface area (Å²) in [6.45, 7) is 1.72. The van der Waals surface area contributed by atoms with E-state index in [0.29, 0.717) is 32.7 Å². The Labute approximate surface area is 573 Å². The molecule has 1 saturated carbocycles. The number of anilines is 1. The first-order valence-corrected chi connectivity index (χ1v) is 34.9. The van der Waals surface area contributed by atoms with E-state index in [9.17, 15) is 83.5 Å². The Kier molecular flexibility index (Phi) is 24.5. The first-order chi connectivity index (χ1) is 47.7. The summed E-state index contributed by atoms with van der Waals surface area (Å²) in [5, 5.41) is 12.1. The third-order valence-corrected chi connectivity index (χ3v) is 17.7. The Hall–Kier alpha value is -11.1. The van der Waals surface area contributed by atoms with Crippen LogP contribution in [0.15, 0.2) is 145 Å². The summed E-state index contributed by atoms with van der Waals surface area (Å²) >= 11 is 0. The molecule has 0 unspecified atom stereocenters. The first-order valence-electron chi connectivity index (χ1n) is 31.7. The number of allylic oxidation sites excluding steroid dienone is 6. The van der Waals surface area contributed by atoms with Crippen LogP contribution in [0.3, 0.4) is 0 Å². The highest BCUT2D eigenvalue weighted by Crippen LogP contribution is 2.38. The van der Waals surface area contributed by atoms with Crippen LogP contribution in [0.1, 0.15) is 140 Å². The predicted octanol–water partition coefficient (Wildman–Crippen LogP) is 3.45. The Balaban J connectivity index is 0.000000252. The summed E-state index contributed by atoms with van der Waals surface area (Å²) in [7, 11) is -8.51. The lowest BCUT2D eigenvalue weighted by Crippen LogP contribution is -2.39. The Bertz CT molecular complexity index is 4140. The molecule has 6 aliphatic heterocycles. The molecule has 32 heteroatoms. The molecule has 0 atom stereocenters. The third kappa shape index (κ3) is 20.5. The summed E-state index contributed by atoms with van der Waals surface area (Å²) in [5.41, 5.74) is 5.77. The first kappa shape index (κ1) is 73.2. The molecule has 0 radical (unpaired) electrons. The number of carbonyl (C=O) groups is 12. The van der Waals surface area contributed by atoms with Gasteiger partial charge in [0.15, 0.2) is 17.3 Å². The van der Waals surface area contributed by atoms with Crippen LogP contribution in [-0.2, 0) is 94.4 Å². The molecule has 8 bridgehead atoms. The zero-order chi connectivity index (χ0) is 71.7. The number of carbonyl (C=O) groups excluding carboxylic acids is 12. The van der Waals surface area contributed by atoms with Crippen molar-refractivity contribution >= 4 is 102 Å². The van der Waals surface area contributed by atoms with E-state index in [1.54, 1.807) is 94.4 Å². The van der Waals surface area contributed by atoms with E-state index in [0.717, 1.165) is 22.3 Å². The van der Waals surface area contributed by atoms with Crippen molar-refractivity contribution < 1.29 is 97.7 Å². The number of amides is 8. The minimum atomic E-state index is -4.26. The smallest absolute Gasteiger partial charge is 0.333 e. The van der Waals surface area contributed by atoms with Gasteiger partial charge in [0, 0.05) is 102 Å². The lowest BCUT2D eigenvalue weighted by atomic mass is 9.70. The number of nitrogens with one attached hydrogen (secondary N) is 4. The molecule has 6 N–H and O–H groups in total. The molecule has 30 nitrogen and oxygen atoms in total. The quantitative estimate of drug-likeness (QED) is 0.0162. The largest absolute Gasteiger partial charge is 0.371 e. The topological polar surface area (TPSA) is 419 Å². The molecule has 13 rings (SSSR count). The molecule has 8 aliphatic rings. The average molecular weight is 1410 g/mol. The van der Waals surface area contributed by atoms with Crippen molar-refractivity contribution in [1.82, 2.24) is 41.4 Å². The van der Waals surface area contributed by atoms with Crippen molar-refractivity contribution in [3.05, 3.63) is 195 Å². The zero-order valence-electron chi connectivity index (χ0n) is 53.7. The van der Waals surface area contributed by atoms with Gasteiger partial charge in [-0.1, -0.05) is 72.8 Å². The maximum atomic E-state index is 13.4. The normalized spacial score (nSPS) is 16.7. The molecule has 2 aliphatic carbocycles. The molecule has 8 heterocycles. The lowest BCUT2D eigenvalue weighted by Gasteiger charge is -2.29. The van der Waals surface area contributed by atoms with Crippen LogP contribution in [0.25, 0.3) is 0 Å². The van der Waals surface area contributed by atoms with Gasteiger partial charge in [0.2, 0.25) is 0 Å². The Morgan fingerprint density at radius 3 is 1.23 bits per heavy atom. The van der Waals surface area contributed by atoms with Crippen LogP contribution in [0.5, 0.6) is 0 Å². The monoisotopic (exact) mass is 1410 g/mol. The molecule has 100 heavy (non-hydrogen) atoms. The van der Waals surface area contributed by atoms with E-state index < -0.39 is 108 Å². The summed E-state index contributed by atoms with van der Waals surface area (Å²) in [5.74, 6) is -8.69. The molecular weight excluding hydrogens is 1340 g/mol. The maximum Gasteiger partial charge on any atom is 0.333 e. The van der Waals surface area contributed by atoms with Crippen LogP contribution in [0.2, 0.25) is 0 Å². The minimum Gasteiger partial charge on any atom is -0.371 e. The standard InChI is InChI=1S/C38H42N4O16S2.C30H26N6O4/c43-29-15-16-30(44)41(29)57-33(47)5-1-19-39(21-3-23-59(51,52)53)27-11-7-25(8-12-27)35-37(49)36(38(35)50)26-9-13-28(14-10-26)40(22-4-24-60(54,55)56)20-2-6-34(48)58-42-31(45)17-18-32(42)46;37-27-23-3-1-4-24(35-23)28(38)32-16-20-9-13-22(14-10-20)18-34-30(40)26-6-2-5-25(36-26)29(39)33-17-21-11-7-19(8-12-21)15-31-27/h7-14,35H,1-6,15-24H2,(H-,51,52,53,54,55,56);1-14H,15-18H2,(H,31,37)(H,32,38)(H,33,39)(H,34,40)/p+1. The number of hydrogen-bond donors (Lipinski definition) is 6. The number of hydroxylamine groups is 4. The van der Waals surface area contributed by atoms with Gasteiger partial charge in [-0.3, -0.25) is 57.1 Å². The number of hydrogen-bond acceptors (Lipinski definition) is 21. The van der Waals surface area contributed by atoms with Gasteiger partial charge in [-0.2, -0.15) is 16.8 Å².